The summed E-state index contributed by atoms with van der Waals surface area (Å²) in [5, 5.41) is 11.4. The number of ether oxygens (including phenoxy) is 1. The van der Waals surface area contributed by atoms with Crippen LogP contribution in [-0.2, 0) is 11.4 Å². The topological polar surface area (TPSA) is 105 Å². The second-order valence-corrected chi connectivity index (χ2v) is 6.72. The third-order valence-electron chi connectivity index (χ3n) is 3.43. The zero-order chi connectivity index (χ0) is 19.1. The van der Waals surface area contributed by atoms with Gasteiger partial charge in [0.1, 0.15) is 12.9 Å². The molecule has 0 aliphatic carbocycles. The van der Waals surface area contributed by atoms with Crippen LogP contribution in [-0.4, -0.2) is 33.1 Å². The highest BCUT2D eigenvalue weighted by molar-refractivity contribution is 7.99. The van der Waals surface area contributed by atoms with E-state index in [0.717, 1.165) is 11.1 Å². The number of nitrogens with zero attached hydrogens (tertiary/aromatic N) is 3. The second-order valence-electron chi connectivity index (χ2n) is 5.35. The quantitative estimate of drug-likeness (QED) is 0.338. The SMILES string of the molecule is Cc1cccc(Cl)c1COc1ccc(/C=N/NC(=O)CSc2ncn[nH]2)o1. The van der Waals surface area contributed by atoms with Gasteiger partial charge in [-0.15, -0.1) is 0 Å². The molecule has 8 nitrogen and oxygen atoms in total. The Morgan fingerprint density at radius 2 is 2.33 bits per heavy atom. The third kappa shape index (κ3) is 5.60. The minimum absolute atomic E-state index is 0.163. The van der Waals surface area contributed by atoms with Crippen LogP contribution < -0.4 is 10.2 Å². The predicted molar refractivity (Wildman–Crippen MR) is 102 cm³/mol. The molecule has 2 heterocycles. The van der Waals surface area contributed by atoms with Crippen molar-refractivity contribution in [2.75, 3.05) is 5.75 Å². The molecule has 2 N–H and O–H groups in total. The second kappa shape index (κ2) is 9.24. The lowest BCUT2D eigenvalue weighted by Crippen LogP contribution is -2.19. The number of halogens is 1. The Kier molecular flexibility index (Phi) is 6.50. The van der Waals surface area contributed by atoms with E-state index >= 15 is 0 Å². The van der Waals surface area contributed by atoms with Gasteiger partial charge in [0.2, 0.25) is 0 Å². The fraction of sp³-hybridized carbons (Fsp3) is 0.176. The third-order valence-corrected chi connectivity index (χ3v) is 4.66. The van der Waals surface area contributed by atoms with Crippen LogP contribution in [0.5, 0.6) is 5.95 Å². The van der Waals surface area contributed by atoms with Gasteiger partial charge in [0.25, 0.3) is 11.9 Å². The summed E-state index contributed by atoms with van der Waals surface area (Å²) in [6.45, 7) is 2.26. The van der Waals surface area contributed by atoms with Gasteiger partial charge < -0.3 is 9.15 Å². The molecule has 0 bridgehead atoms. The van der Waals surface area contributed by atoms with Gasteiger partial charge in [0.05, 0.1) is 12.0 Å². The summed E-state index contributed by atoms with van der Waals surface area (Å²) < 4.78 is 11.1. The van der Waals surface area contributed by atoms with Crippen molar-refractivity contribution in [3.05, 3.63) is 58.6 Å². The van der Waals surface area contributed by atoms with E-state index in [1.54, 1.807) is 12.1 Å². The van der Waals surface area contributed by atoms with Gasteiger partial charge in [0.15, 0.2) is 10.9 Å². The van der Waals surface area contributed by atoms with Gasteiger partial charge in [0, 0.05) is 16.7 Å². The fourth-order valence-electron chi connectivity index (χ4n) is 2.07. The number of aromatic amines is 1. The number of aryl methyl sites for hydroxylation is 1. The number of furan rings is 1. The normalized spacial score (nSPS) is 11.0. The molecule has 27 heavy (non-hydrogen) atoms. The van der Waals surface area contributed by atoms with E-state index in [-0.39, 0.29) is 11.7 Å². The van der Waals surface area contributed by atoms with Crippen molar-refractivity contribution in [2.24, 2.45) is 5.10 Å². The smallest absolute Gasteiger partial charge is 0.285 e. The number of nitrogens with one attached hydrogen (secondary N) is 2. The lowest BCUT2D eigenvalue weighted by atomic mass is 10.1. The molecule has 0 saturated carbocycles. The number of hydrogen-bond acceptors (Lipinski definition) is 7. The Balaban J connectivity index is 1.46. The number of benzene rings is 1. The lowest BCUT2D eigenvalue weighted by molar-refractivity contribution is -0.118. The summed E-state index contributed by atoms with van der Waals surface area (Å²) in [6, 6.07) is 9.04. The summed E-state index contributed by atoms with van der Waals surface area (Å²) in [4.78, 5) is 15.6. The summed E-state index contributed by atoms with van der Waals surface area (Å²) >= 11 is 7.40. The Bertz CT molecular complexity index is 906. The van der Waals surface area contributed by atoms with Gasteiger partial charge in [-0.25, -0.2) is 10.4 Å². The zero-order valence-electron chi connectivity index (χ0n) is 14.3. The van der Waals surface area contributed by atoms with Crippen LogP contribution in [0.3, 0.4) is 0 Å². The number of thioether (sulfide) groups is 1. The Labute approximate surface area is 164 Å². The molecule has 1 amide bonds. The van der Waals surface area contributed by atoms with Crippen LogP contribution in [0.1, 0.15) is 16.9 Å². The lowest BCUT2D eigenvalue weighted by Gasteiger charge is -2.08. The van der Waals surface area contributed by atoms with E-state index < -0.39 is 0 Å². The number of H-pyrrole nitrogens is 1. The first kappa shape index (κ1) is 19.0. The summed E-state index contributed by atoms with van der Waals surface area (Å²) in [5.74, 6) is 0.674. The van der Waals surface area contributed by atoms with Crippen LogP contribution in [0, 0.1) is 6.92 Å². The molecule has 0 saturated heterocycles. The number of carbonyl (C=O) groups excluding carboxylic acids is 1. The maximum atomic E-state index is 11.7. The number of rotatable bonds is 8. The minimum Gasteiger partial charge on any atom is -0.460 e. The molecule has 3 aromatic rings. The van der Waals surface area contributed by atoms with Crippen molar-refractivity contribution < 1.29 is 13.9 Å². The van der Waals surface area contributed by atoms with Gasteiger partial charge in [-0.2, -0.15) is 10.2 Å². The van der Waals surface area contributed by atoms with Crippen LogP contribution in [0.2, 0.25) is 5.02 Å². The zero-order valence-corrected chi connectivity index (χ0v) is 15.9. The Morgan fingerprint density at radius 3 is 3.11 bits per heavy atom. The van der Waals surface area contributed by atoms with E-state index in [1.807, 2.05) is 25.1 Å². The monoisotopic (exact) mass is 405 g/mol. The number of hydrogen-bond donors (Lipinski definition) is 2. The molecule has 0 aliphatic heterocycles. The van der Waals surface area contributed by atoms with E-state index in [1.165, 1.54) is 24.3 Å². The van der Waals surface area contributed by atoms with Crippen molar-refractivity contribution in [3.63, 3.8) is 0 Å². The molecule has 0 spiro atoms. The molecule has 3 rings (SSSR count). The molecular formula is C17H16ClN5O3S. The first-order chi connectivity index (χ1) is 13.1. The Morgan fingerprint density at radius 1 is 1.44 bits per heavy atom. The van der Waals surface area contributed by atoms with E-state index in [9.17, 15) is 4.79 Å². The molecule has 0 aliphatic rings. The Hall–Kier alpha value is -2.78. The van der Waals surface area contributed by atoms with E-state index in [4.69, 9.17) is 20.8 Å². The van der Waals surface area contributed by atoms with Crippen molar-refractivity contribution in [1.29, 1.82) is 0 Å². The van der Waals surface area contributed by atoms with Crippen LogP contribution in [0.15, 0.2) is 51.3 Å². The van der Waals surface area contributed by atoms with Gasteiger partial charge >= 0.3 is 0 Å². The van der Waals surface area contributed by atoms with Gasteiger partial charge in [-0.1, -0.05) is 35.5 Å². The molecule has 0 atom stereocenters. The van der Waals surface area contributed by atoms with Crippen LogP contribution in [0.25, 0.3) is 0 Å². The number of aromatic nitrogens is 3. The minimum atomic E-state index is -0.273. The number of amides is 1. The highest BCUT2D eigenvalue weighted by Gasteiger charge is 2.07. The predicted octanol–water partition coefficient (Wildman–Crippen LogP) is 3.18. The average Bonchev–Trinajstić information content (AvgIpc) is 3.31. The number of carbonyl (C=O) groups is 1. The molecule has 0 unspecified atom stereocenters. The standard InChI is InChI=1S/C17H16ClN5O3S/c1-11-3-2-4-14(18)13(11)8-25-16-6-5-12(26-16)7-20-22-15(24)9-27-17-19-10-21-23-17/h2-7,10H,8-9H2,1H3,(H,22,24)(H,19,21,23)/b20-7+. The van der Waals surface area contributed by atoms with Crippen LogP contribution in [0.4, 0.5) is 0 Å². The maximum absolute atomic E-state index is 11.7. The fourth-order valence-corrected chi connectivity index (χ4v) is 2.92. The van der Waals surface area contributed by atoms with Crippen molar-refractivity contribution in [1.82, 2.24) is 20.6 Å². The van der Waals surface area contributed by atoms with Gasteiger partial charge in [-0.3, -0.25) is 9.89 Å². The molecular weight excluding hydrogens is 390 g/mol. The van der Waals surface area contributed by atoms with Crippen molar-refractivity contribution >= 4 is 35.5 Å². The molecule has 0 fully saturated rings. The summed E-state index contributed by atoms with van der Waals surface area (Å²) in [7, 11) is 0. The molecule has 1 aromatic carbocycles. The molecule has 10 heteroatoms. The first-order valence-electron chi connectivity index (χ1n) is 7.88. The number of hydrazone groups is 1. The first-order valence-corrected chi connectivity index (χ1v) is 9.25. The van der Waals surface area contributed by atoms with Gasteiger partial charge in [-0.05, 0) is 24.6 Å². The summed E-state index contributed by atoms with van der Waals surface area (Å²) in [6.07, 6.45) is 2.77. The average molecular weight is 406 g/mol. The van der Waals surface area contributed by atoms with Crippen molar-refractivity contribution in [2.45, 2.75) is 18.7 Å². The largest absolute Gasteiger partial charge is 0.460 e. The van der Waals surface area contributed by atoms with Crippen LogP contribution >= 0.6 is 23.4 Å². The molecule has 2 aromatic heterocycles. The maximum Gasteiger partial charge on any atom is 0.285 e. The molecule has 140 valence electrons. The van der Waals surface area contributed by atoms with Crippen molar-refractivity contribution in [3.8, 4) is 5.95 Å². The highest BCUT2D eigenvalue weighted by atomic mass is 35.5. The summed E-state index contributed by atoms with van der Waals surface area (Å²) in [5.41, 5.74) is 4.35. The van der Waals surface area contributed by atoms with E-state index in [0.29, 0.717) is 28.5 Å². The van der Waals surface area contributed by atoms with E-state index in [2.05, 4.69) is 25.7 Å². The highest BCUT2D eigenvalue weighted by Crippen LogP contribution is 2.22. The molecule has 0 radical (unpaired) electrons.